The summed E-state index contributed by atoms with van der Waals surface area (Å²) in [4.78, 5) is 21.3. The molecule has 0 saturated carbocycles. The Kier molecular flexibility index (Phi) is 7.61. The molecule has 11 heteroatoms. The van der Waals surface area contributed by atoms with Gasteiger partial charge in [-0.3, -0.25) is 4.79 Å². The van der Waals surface area contributed by atoms with Crippen molar-refractivity contribution < 1.29 is 17.9 Å². The number of thiazole rings is 1. The second kappa shape index (κ2) is 11.1. The summed E-state index contributed by atoms with van der Waals surface area (Å²) >= 11 is 4.57. The number of methoxy groups -OCH3 is 1. The molecule has 1 amide bonds. The standard InChI is InChI=1S/C27H23BrN4O4S2/c1-36-25-9-5-3-7-21(25)24-16-37-27(30-24)31-26(33)23(14-17-15-29-22-8-4-2-6-20(17)22)32-38(34,35)19-12-10-18(28)11-13-19/h2-13,15-16,23,29,32H,14H2,1H3,(H,30,31,33)/t23-/m0/s1. The van der Waals surface area contributed by atoms with Crippen molar-refractivity contribution >= 4 is 59.2 Å². The van der Waals surface area contributed by atoms with Gasteiger partial charge in [-0.1, -0.05) is 46.3 Å². The molecule has 2 aromatic heterocycles. The number of sulfonamides is 1. The van der Waals surface area contributed by atoms with E-state index in [1.54, 1.807) is 25.4 Å². The number of nitrogens with one attached hydrogen (secondary N) is 3. The molecule has 0 saturated heterocycles. The second-order valence-corrected chi connectivity index (χ2v) is 11.9. The highest BCUT2D eigenvalue weighted by atomic mass is 79.9. The van der Waals surface area contributed by atoms with Crippen molar-refractivity contribution in [2.45, 2.75) is 17.4 Å². The number of halogens is 1. The highest BCUT2D eigenvalue weighted by Gasteiger charge is 2.28. The number of rotatable bonds is 9. The van der Waals surface area contributed by atoms with E-state index in [9.17, 15) is 13.2 Å². The van der Waals surface area contributed by atoms with Gasteiger partial charge in [-0.25, -0.2) is 13.4 Å². The van der Waals surface area contributed by atoms with Crippen molar-refractivity contribution in [1.29, 1.82) is 0 Å². The number of nitrogens with zero attached hydrogens (tertiary/aromatic N) is 1. The van der Waals surface area contributed by atoms with Crippen LogP contribution in [0.15, 0.2) is 93.7 Å². The first-order valence-electron chi connectivity index (χ1n) is 11.6. The molecule has 38 heavy (non-hydrogen) atoms. The third-order valence-corrected chi connectivity index (χ3v) is 8.73. The van der Waals surface area contributed by atoms with Crippen LogP contribution in [0.4, 0.5) is 5.13 Å². The van der Waals surface area contributed by atoms with Crippen LogP contribution in [0.25, 0.3) is 22.2 Å². The molecule has 0 aliphatic carbocycles. The Morgan fingerprint density at radius 3 is 2.61 bits per heavy atom. The van der Waals surface area contributed by atoms with Crippen LogP contribution in [0.3, 0.4) is 0 Å². The molecule has 5 aromatic rings. The van der Waals surface area contributed by atoms with Gasteiger partial charge in [-0.2, -0.15) is 4.72 Å². The van der Waals surface area contributed by atoms with Crippen molar-refractivity contribution in [2.24, 2.45) is 0 Å². The summed E-state index contributed by atoms with van der Waals surface area (Å²) in [6, 6.07) is 20.3. The quantitative estimate of drug-likeness (QED) is 0.201. The fourth-order valence-corrected chi connectivity index (χ4v) is 6.25. The Balaban J connectivity index is 1.43. The second-order valence-electron chi connectivity index (χ2n) is 8.42. The number of H-pyrrole nitrogens is 1. The number of amides is 1. The summed E-state index contributed by atoms with van der Waals surface area (Å²) in [5.74, 6) is 0.145. The third-order valence-electron chi connectivity index (χ3n) is 5.95. The van der Waals surface area contributed by atoms with Gasteiger partial charge in [-0.05, 0) is 54.4 Å². The number of para-hydroxylation sites is 2. The number of hydrogen-bond donors (Lipinski definition) is 3. The van der Waals surface area contributed by atoms with Gasteiger partial charge in [0.1, 0.15) is 11.8 Å². The third kappa shape index (κ3) is 5.65. The van der Waals surface area contributed by atoms with E-state index in [2.05, 4.69) is 35.9 Å². The minimum atomic E-state index is -3.99. The number of carbonyl (C=O) groups is 1. The molecule has 194 valence electrons. The maximum absolute atomic E-state index is 13.5. The molecule has 1 atom stereocenters. The average Bonchev–Trinajstić information content (AvgIpc) is 3.55. The fraction of sp³-hybridized carbons (Fsp3) is 0.111. The number of hydrogen-bond acceptors (Lipinski definition) is 6. The summed E-state index contributed by atoms with van der Waals surface area (Å²) in [5, 5.41) is 5.88. The number of ether oxygens (including phenoxy) is 1. The fourth-order valence-electron chi connectivity index (χ4n) is 4.08. The molecule has 0 aliphatic rings. The minimum Gasteiger partial charge on any atom is -0.496 e. The van der Waals surface area contributed by atoms with Crippen molar-refractivity contribution in [2.75, 3.05) is 12.4 Å². The molecular formula is C27H23BrN4O4S2. The van der Waals surface area contributed by atoms with Crippen LogP contribution in [-0.4, -0.2) is 37.4 Å². The van der Waals surface area contributed by atoms with Crippen molar-refractivity contribution in [3.8, 4) is 17.0 Å². The van der Waals surface area contributed by atoms with Gasteiger partial charge in [-0.15, -0.1) is 11.3 Å². The van der Waals surface area contributed by atoms with E-state index in [-0.39, 0.29) is 11.3 Å². The molecule has 3 N–H and O–H groups in total. The molecule has 0 radical (unpaired) electrons. The first-order valence-corrected chi connectivity index (χ1v) is 14.7. The maximum Gasteiger partial charge on any atom is 0.244 e. The largest absolute Gasteiger partial charge is 0.496 e. The number of fused-ring (bicyclic) bond motifs is 1. The first kappa shape index (κ1) is 26.1. The van der Waals surface area contributed by atoms with Crippen LogP contribution in [0.2, 0.25) is 0 Å². The summed E-state index contributed by atoms with van der Waals surface area (Å²) < 4.78 is 35.2. The Bertz CT molecular complexity index is 1700. The zero-order chi connectivity index (χ0) is 26.7. The lowest BCUT2D eigenvalue weighted by Crippen LogP contribution is -2.45. The number of anilines is 1. The SMILES string of the molecule is COc1ccccc1-c1csc(NC(=O)[C@H](Cc2c[nH]c3ccccc23)NS(=O)(=O)c2ccc(Br)cc2)n1. The van der Waals surface area contributed by atoms with E-state index >= 15 is 0 Å². The molecule has 8 nitrogen and oxygen atoms in total. The Morgan fingerprint density at radius 2 is 1.82 bits per heavy atom. The highest BCUT2D eigenvalue weighted by Crippen LogP contribution is 2.32. The first-order chi connectivity index (χ1) is 18.3. The van der Waals surface area contributed by atoms with Gasteiger partial charge in [0.15, 0.2) is 5.13 Å². The van der Waals surface area contributed by atoms with Gasteiger partial charge >= 0.3 is 0 Å². The zero-order valence-corrected chi connectivity index (χ0v) is 23.4. The molecule has 0 unspecified atom stereocenters. The predicted molar refractivity (Wildman–Crippen MR) is 153 cm³/mol. The normalized spacial score (nSPS) is 12.4. The maximum atomic E-state index is 13.5. The van der Waals surface area contributed by atoms with Crippen LogP contribution < -0.4 is 14.8 Å². The lowest BCUT2D eigenvalue weighted by atomic mass is 10.1. The molecule has 0 spiro atoms. The molecule has 0 fully saturated rings. The summed E-state index contributed by atoms with van der Waals surface area (Å²) in [5.41, 5.74) is 3.15. The number of benzene rings is 3. The number of carbonyl (C=O) groups excluding carboxylic acids is 1. The van der Waals surface area contributed by atoms with Gasteiger partial charge in [0.25, 0.3) is 0 Å². The molecule has 0 aliphatic heterocycles. The van der Waals surface area contributed by atoms with Gasteiger partial charge < -0.3 is 15.0 Å². The minimum absolute atomic E-state index is 0.0603. The van der Waals surface area contributed by atoms with Crippen LogP contribution >= 0.6 is 27.3 Å². The molecule has 3 aromatic carbocycles. The van der Waals surface area contributed by atoms with E-state index in [1.807, 2.05) is 53.9 Å². The Morgan fingerprint density at radius 1 is 1.08 bits per heavy atom. The van der Waals surface area contributed by atoms with Gasteiger partial charge in [0.2, 0.25) is 15.9 Å². The van der Waals surface area contributed by atoms with E-state index in [1.165, 1.54) is 23.5 Å². The lowest BCUT2D eigenvalue weighted by molar-refractivity contribution is -0.117. The molecule has 2 heterocycles. The van der Waals surface area contributed by atoms with Crippen molar-refractivity contribution in [3.05, 3.63) is 94.4 Å². The topological polar surface area (TPSA) is 113 Å². The van der Waals surface area contributed by atoms with Gasteiger partial charge in [0.05, 0.1) is 17.7 Å². The molecule has 0 bridgehead atoms. The number of aromatic amines is 1. The Hall–Kier alpha value is -3.51. The van der Waals surface area contributed by atoms with E-state index in [4.69, 9.17) is 4.74 Å². The predicted octanol–water partition coefficient (Wildman–Crippen LogP) is 5.59. The van der Waals surface area contributed by atoms with E-state index in [0.29, 0.717) is 16.6 Å². The summed E-state index contributed by atoms with van der Waals surface area (Å²) in [6.45, 7) is 0. The highest BCUT2D eigenvalue weighted by molar-refractivity contribution is 9.10. The Labute approximate surface area is 232 Å². The van der Waals surface area contributed by atoms with Gasteiger partial charge in [0, 0.05) is 32.5 Å². The van der Waals surface area contributed by atoms with Crippen LogP contribution in [-0.2, 0) is 21.2 Å². The van der Waals surface area contributed by atoms with E-state index < -0.39 is 22.0 Å². The average molecular weight is 612 g/mol. The van der Waals surface area contributed by atoms with E-state index in [0.717, 1.165) is 26.5 Å². The lowest BCUT2D eigenvalue weighted by Gasteiger charge is -2.18. The van der Waals surface area contributed by atoms with Crippen LogP contribution in [0.5, 0.6) is 5.75 Å². The monoisotopic (exact) mass is 610 g/mol. The van der Waals surface area contributed by atoms with Crippen LogP contribution in [0, 0.1) is 0 Å². The summed E-state index contributed by atoms with van der Waals surface area (Å²) in [7, 11) is -2.41. The number of aromatic nitrogens is 2. The van der Waals surface area contributed by atoms with Crippen LogP contribution in [0.1, 0.15) is 5.56 Å². The smallest absolute Gasteiger partial charge is 0.244 e. The van der Waals surface area contributed by atoms with Crippen molar-refractivity contribution in [1.82, 2.24) is 14.7 Å². The molecule has 5 rings (SSSR count). The summed E-state index contributed by atoms with van der Waals surface area (Å²) in [6.07, 6.45) is 1.93. The zero-order valence-electron chi connectivity index (χ0n) is 20.1. The van der Waals surface area contributed by atoms with Crippen molar-refractivity contribution in [3.63, 3.8) is 0 Å². The molecular weight excluding hydrogens is 588 g/mol.